The zero-order valence-electron chi connectivity index (χ0n) is 22.2. The van der Waals surface area contributed by atoms with E-state index in [0.717, 1.165) is 16.9 Å². The number of hydrogen-bond donors (Lipinski definition) is 1. The average molecular weight is 567 g/mol. The number of fused-ring (bicyclic) bond motifs is 4. The Balaban J connectivity index is 1.18. The Hall–Kier alpha value is -4.77. The Labute approximate surface area is 239 Å². The van der Waals surface area contributed by atoms with Crippen LogP contribution in [0.25, 0.3) is 5.65 Å². The number of hydrogen-bond acceptors (Lipinski definition) is 8. The van der Waals surface area contributed by atoms with Crippen LogP contribution in [0.3, 0.4) is 0 Å². The molecule has 206 valence electrons. The van der Waals surface area contributed by atoms with Gasteiger partial charge in [0.1, 0.15) is 23.3 Å². The summed E-state index contributed by atoms with van der Waals surface area (Å²) in [6.07, 6.45) is 2.10. The molecule has 2 aliphatic rings. The highest BCUT2D eigenvalue weighted by Gasteiger charge is 2.41. The number of pyridine rings is 1. The number of thioether (sulfide) groups is 1. The quantitative estimate of drug-likeness (QED) is 0.346. The first-order valence-corrected chi connectivity index (χ1v) is 14.1. The second kappa shape index (κ2) is 11.4. The molecule has 10 nitrogen and oxygen atoms in total. The molecule has 0 fully saturated rings. The predicted octanol–water partition coefficient (Wildman–Crippen LogP) is 3.69. The van der Waals surface area contributed by atoms with Crippen LogP contribution in [0.5, 0.6) is 5.75 Å². The second-order valence-electron chi connectivity index (χ2n) is 9.54. The van der Waals surface area contributed by atoms with Crippen molar-refractivity contribution >= 4 is 45.9 Å². The summed E-state index contributed by atoms with van der Waals surface area (Å²) in [7, 11) is 1.60. The molecule has 0 saturated carbocycles. The van der Waals surface area contributed by atoms with Crippen LogP contribution in [-0.2, 0) is 21.9 Å². The molecule has 0 radical (unpaired) electrons. The predicted molar refractivity (Wildman–Crippen MR) is 158 cm³/mol. The van der Waals surface area contributed by atoms with Gasteiger partial charge in [0, 0.05) is 36.5 Å². The van der Waals surface area contributed by atoms with Gasteiger partial charge in [-0.1, -0.05) is 42.1 Å². The number of methoxy groups -OCH3 is 1. The van der Waals surface area contributed by atoms with Gasteiger partial charge in [-0.25, -0.2) is 9.98 Å². The van der Waals surface area contributed by atoms with E-state index >= 15 is 0 Å². The van der Waals surface area contributed by atoms with E-state index in [1.165, 1.54) is 22.2 Å². The van der Waals surface area contributed by atoms with Crippen LogP contribution in [0.15, 0.2) is 93.8 Å². The summed E-state index contributed by atoms with van der Waals surface area (Å²) in [5.74, 6) is 1.17. The molecule has 2 aromatic heterocycles. The molecular formula is C30H26N6O4S. The lowest BCUT2D eigenvalue weighted by atomic mass is 10.1. The number of rotatable bonds is 8. The Morgan fingerprint density at radius 2 is 1.83 bits per heavy atom. The molecule has 4 aromatic rings. The molecule has 1 unspecified atom stereocenters. The van der Waals surface area contributed by atoms with E-state index in [1.54, 1.807) is 25.4 Å². The maximum atomic E-state index is 13.1. The fourth-order valence-corrected chi connectivity index (χ4v) is 5.73. The fourth-order valence-electron chi connectivity index (χ4n) is 4.79. The lowest BCUT2D eigenvalue weighted by Gasteiger charge is -2.31. The van der Waals surface area contributed by atoms with Gasteiger partial charge >= 0.3 is 0 Å². The molecule has 2 aromatic carbocycles. The number of para-hydroxylation sites is 1. The highest BCUT2D eigenvalue weighted by atomic mass is 32.2. The van der Waals surface area contributed by atoms with Gasteiger partial charge in [-0.05, 0) is 48.4 Å². The van der Waals surface area contributed by atoms with Crippen LogP contribution in [-0.4, -0.2) is 50.3 Å². The minimum absolute atomic E-state index is 0.147. The third-order valence-corrected chi connectivity index (χ3v) is 7.86. The molecule has 11 heteroatoms. The van der Waals surface area contributed by atoms with Gasteiger partial charge < -0.3 is 10.1 Å². The summed E-state index contributed by atoms with van der Waals surface area (Å²) in [6, 6.07) is 21.2. The SMILES string of the molecule is COc1ccc(CNC(=O)CCC2C(=O)N=C3c4ccccc4N=C(SCc4cc(=O)n5ccccc5n4)N32)cc1. The lowest BCUT2D eigenvalue weighted by molar-refractivity contribution is -0.122. The molecule has 1 N–H and O–H groups in total. The number of amidine groups is 2. The number of aliphatic imine (C=N–C) groups is 2. The molecule has 41 heavy (non-hydrogen) atoms. The van der Waals surface area contributed by atoms with Gasteiger partial charge in [-0.15, -0.1) is 0 Å². The molecule has 0 saturated heterocycles. The number of carbonyl (C=O) groups is 2. The summed E-state index contributed by atoms with van der Waals surface area (Å²) in [5.41, 5.74) is 3.41. The monoisotopic (exact) mass is 566 g/mol. The van der Waals surface area contributed by atoms with Gasteiger partial charge in [0.15, 0.2) is 5.17 Å². The Morgan fingerprint density at radius 3 is 2.66 bits per heavy atom. The second-order valence-corrected chi connectivity index (χ2v) is 10.5. The van der Waals surface area contributed by atoms with Gasteiger partial charge in [0.05, 0.1) is 18.5 Å². The molecule has 2 aliphatic heterocycles. The first-order valence-electron chi connectivity index (χ1n) is 13.1. The zero-order valence-corrected chi connectivity index (χ0v) is 23.0. The van der Waals surface area contributed by atoms with Crippen molar-refractivity contribution < 1.29 is 14.3 Å². The van der Waals surface area contributed by atoms with E-state index in [2.05, 4.69) is 15.3 Å². The molecular weight excluding hydrogens is 540 g/mol. The van der Waals surface area contributed by atoms with Crippen LogP contribution in [0.4, 0.5) is 5.69 Å². The lowest BCUT2D eigenvalue weighted by Crippen LogP contribution is -2.44. The van der Waals surface area contributed by atoms with Gasteiger partial charge in [-0.3, -0.25) is 23.7 Å². The van der Waals surface area contributed by atoms with Gasteiger partial charge in [0.25, 0.3) is 11.5 Å². The summed E-state index contributed by atoms with van der Waals surface area (Å²) in [5, 5.41) is 3.49. The van der Waals surface area contributed by atoms with Crippen molar-refractivity contribution in [1.82, 2.24) is 19.6 Å². The number of nitrogens with one attached hydrogen (secondary N) is 1. The normalized spacial score (nSPS) is 15.7. The molecule has 1 atom stereocenters. The highest BCUT2D eigenvalue weighted by Crippen LogP contribution is 2.35. The molecule has 6 rings (SSSR count). The van der Waals surface area contributed by atoms with E-state index in [1.807, 2.05) is 59.5 Å². The molecule has 0 aliphatic carbocycles. The summed E-state index contributed by atoms with van der Waals surface area (Å²) < 4.78 is 6.66. The highest BCUT2D eigenvalue weighted by molar-refractivity contribution is 8.13. The molecule has 0 spiro atoms. The standard InChI is InChI=1S/C30H26N6O4S/c1-40-21-11-9-19(10-12-21)17-31-26(37)14-13-24-29(39)34-28-22-6-2-3-7-23(22)33-30(36(24)28)41-18-20-16-27(38)35-15-5-4-8-25(35)32-20/h2-12,15-16,24H,13-14,17-18H2,1H3,(H,31,37). The van der Waals surface area contributed by atoms with Crippen molar-refractivity contribution in [2.24, 2.45) is 9.98 Å². The number of amides is 2. The Bertz CT molecular complexity index is 1770. The van der Waals surface area contributed by atoms with Crippen molar-refractivity contribution in [2.45, 2.75) is 31.2 Å². The largest absolute Gasteiger partial charge is 0.497 e. The average Bonchev–Trinajstić information content (AvgIpc) is 3.34. The van der Waals surface area contributed by atoms with E-state index in [-0.39, 0.29) is 30.2 Å². The summed E-state index contributed by atoms with van der Waals surface area (Å²) >= 11 is 1.38. The number of ether oxygens (including phenoxy) is 1. The van der Waals surface area contributed by atoms with E-state index in [0.29, 0.717) is 40.3 Å². The van der Waals surface area contributed by atoms with Crippen molar-refractivity contribution in [1.29, 1.82) is 0 Å². The number of carbonyl (C=O) groups excluding carboxylic acids is 2. The zero-order chi connectivity index (χ0) is 28.3. The smallest absolute Gasteiger partial charge is 0.270 e. The van der Waals surface area contributed by atoms with E-state index in [4.69, 9.17) is 9.73 Å². The fraction of sp³-hybridized carbons (Fsp3) is 0.200. The van der Waals surface area contributed by atoms with Crippen LogP contribution >= 0.6 is 11.8 Å². The third kappa shape index (κ3) is 5.48. The number of nitrogens with zero attached hydrogens (tertiary/aromatic N) is 5. The van der Waals surface area contributed by atoms with Crippen molar-refractivity contribution in [3.05, 3.63) is 106 Å². The van der Waals surface area contributed by atoms with Crippen LogP contribution < -0.4 is 15.6 Å². The minimum atomic E-state index is -0.661. The first-order chi connectivity index (χ1) is 20.0. The van der Waals surface area contributed by atoms with E-state index in [9.17, 15) is 14.4 Å². The van der Waals surface area contributed by atoms with Crippen molar-refractivity contribution in [3.63, 3.8) is 0 Å². The van der Waals surface area contributed by atoms with Crippen LogP contribution in [0, 0.1) is 0 Å². The summed E-state index contributed by atoms with van der Waals surface area (Å²) in [6.45, 7) is 0.377. The van der Waals surface area contributed by atoms with E-state index < -0.39 is 6.04 Å². The first kappa shape index (κ1) is 26.5. The van der Waals surface area contributed by atoms with Crippen LogP contribution in [0.2, 0.25) is 0 Å². The molecule has 4 heterocycles. The Morgan fingerprint density at radius 1 is 1.02 bits per heavy atom. The maximum Gasteiger partial charge on any atom is 0.270 e. The van der Waals surface area contributed by atoms with Gasteiger partial charge in [0.2, 0.25) is 5.91 Å². The third-order valence-electron chi connectivity index (χ3n) is 6.87. The Kier molecular flexibility index (Phi) is 7.34. The topological polar surface area (TPSA) is 118 Å². The summed E-state index contributed by atoms with van der Waals surface area (Å²) in [4.78, 5) is 54.1. The maximum absolute atomic E-state index is 13.1. The van der Waals surface area contributed by atoms with Crippen molar-refractivity contribution in [3.8, 4) is 5.75 Å². The van der Waals surface area contributed by atoms with Crippen LogP contribution in [0.1, 0.15) is 29.7 Å². The number of benzene rings is 2. The molecule has 0 bridgehead atoms. The molecule has 2 amide bonds. The minimum Gasteiger partial charge on any atom is -0.497 e. The van der Waals surface area contributed by atoms with Crippen molar-refractivity contribution in [2.75, 3.05) is 7.11 Å². The van der Waals surface area contributed by atoms with Gasteiger partial charge in [-0.2, -0.15) is 4.99 Å². The number of aromatic nitrogens is 2.